The van der Waals surface area contributed by atoms with Crippen LogP contribution in [0.5, 0.6) is 0 Å². The third-order valence-corrected chi connectivity index (χ3v) is 3.33. The molecule has 7 heteroatoms. The van der Waals surface area contributed by atoms with Gasteiger partial charge in [-0.2, -0.15) is 0 Å². The number of halogens is 1. The lowest BCUT2D eigenvalue weighted by Crippen LogP contribution is -2.44. The Balaban J connectivity index is 2.39. The number of carbonyl (C=O) groups excluding carboxylic acids is 1. The van der Waals surface area contributed by atoms with E-state index in [2.05, 4.69) is 27.5 Å². The molecule has 0 aliphatic rings. The highest BCUT2D eigenvalue weighted by atomic mass is 35.5. The fraction of sp³-hybridized carbons (Fsp3) is 0.533. The number of hydrogen-bond acceptors (Lipinski definition) is 3. The molecule has 22 heavy (non-hydrogen) atoms. The maximum atomic E-state index is 11.0. The number of guanidine groups is 1. The van der Waals surface area contributed by atoms with Crippen LogP contribution in [0.25, 0.3) is 0 Å². The van der Waals surface area contributed by atoms with Crippen molar-refractivity contribution in [3.63, 3.8) is 0 Å². The molecule has 6 nitrogen and oxygen atoms in total. The Morgan fingerprint density at radius 3 is 2.91 bits per heavy atom. The van der Waals surface area contributed by atoms with Crippen LogP contribution in [0.2, 0.25) is 5.02 Å². The summed E-state index contributed by atoms with van der Waals surface area (Å²) in [5.74, 6) is 0.427. The minimum atomic E-state index is -0.616. The molecule has 4 N–H and O–H groups in total. The van der Waals surface area contributed by atoms with Gasteiger partial charge in [0.2, 0.25) is 0 Å². The molecule has 0 aromatic carbocycles. The summed E-state index contributed by atoms with van der Waals surface area (Å²) in [6.45, 7) is 3.46. The van der Waals surface area contributed by atoms with E-state index in [1.165, 1.54) is 0 Å². The highest BCUT2D eigenvalue weighted by Crippen LogP contribution is 2.13. The molecule has 0 atom stereocenters. The molecule has 0 fully saturated rings. The van der Waals surface area contributed by atoms with Gasteiger partial charge in [-0.15, -0.1) is 0 Å². The number of nitrogens with zero attached hydrogens (tertiary/aromatic N) is 2. The smallest absolute Gasteiger partial charge is 0.318 e. The van der Waals surface area contributed by atoms with E-state index in [1.54, 1.807) is 12.3 Å². The summed E-state index contributed by atoms with van der Waals surface area (Å²) in [4.78, 5) is 19.5. The van der Waals surface area contributed by atoms with Gasteiger partial charge in [-0.05, 0) is 31.4 Å². The third-order valence-electron chi connectivity index (χ3n) is 2.99. The number of aromatic nitrogens is 1. The summed E-state index contributed by atoms with van der Waals surface area (Å²) >= 11 is 6.05. The Morgan fingerprint density at radius 2 is 2.23 bits per heavy atom. The van der Waals surface area contributed by atoms with E-state index in [1.807, 2.05) is 6.07 Å². The highest BCUT2D eigenvalue weighted by molar-refractivity contribution is 6.31. The first-order valence-corrected chi connectivity index (χ1v) is 7.95. The molecular formula is C15H24ClN5O. The van der Waals surface area contributed by atoms with Crippen molar-refractivity contribution in [2.45, 2.75) is 39.0 Å². The number of nitrogens with one attached hydrogen (secondary N) is 2. The maximum absolute atomic E-state index is 11.0. The molecule has 1 aromatic heterocycles. The molecule has 0 spiro atoms. The van der Waals surface area contributed by atoms with Crippen LogP contribution in [-0.2, 0) is 6.42 Å². The first-order valence-electron chi connectivity index (χ1n) is 7.57. The van der Waals surface area contributed by atoms with E-state index >= 15 is 0 Å². The number of primary amides is 1. The van der Waals surface area contributed by atoms with Crippen molar-refractivity contribution >= 4 is 23.6 Å². The van der Waals surface area contributed by atoms with Crippen molar-refractivity contribution in [2.24, 2.45) is 10.7 Å². The van der Waals surface area contributed by atoms with Crippen molar-refractivity contribution in [3.8, 4) is 0 Å². The standard InChI is InChI=1S/C15H24ClN5O/c1-2-3-4-9-19-15(21-14(17)22)20-11-6-8-13-12(16)7-5-10-18-13/h5,7,10H,2-4,6,8-9,11H2,1H3,(H4,17,19,20,21,22). The zero-order valence-corrected chi connectivity index (χ0v) is 13.7. The second-order valence-electron chi connectivity index (χ2n) is 4.89. The van der Waals surface area contributed by atoms with Crippen LogP contribution >= 0.6 is 11.6 Å². The Hall–Kier alpha value is -1.82. The molecule has 0 aliphatic carbocycles. The average molecular weight is 326 g/mol. The molecular weight excluding hydrogens is 302 g/mol. The van der Waals surface area contributed by atoms with Gasteiger partial charge in [0, 0.05) is 19.3 Å². The number of aliphatic imine (C=N–C) groups is 1. The van der Waals surface area contributed by atoms with Crippen LogP contribution in [0, 0.1) is 0 Å². The number of aryl methyl sites for hydroxylation is 1. The Labute approximate surface area is 136 Å². The fourth-order valence-electron chi connectivity index (χ4n) is 1.88. The van der Waals surface area contributed by atoms with Crippen LogP contribution in [0.3, 0.4) is 0 Å². The van der Waals surface area contributed by atoms with Gasteiger partial charge in [0.1, 0.15) is 0 Å². The number of pyridine rings is 1. The molecule has 1 heterocycles. The summed E-state index contributed by atoms with van der Waals surface area (Å²) in [5.41, 5.74) is 6.00. The van der Waals surface area contributed by atoms with Crippen LogP contribution < -0.4 is 16.4 Å². The van der Waals surface area contributed by atoms with Crippen molar-refractivity contribution in [2.75, 3.05) is 13.1 Å². The molecule has 0 radical (unpaired) electrons. The summed E-state index contributed by atoms with van der Waals surface area (Å²) in [6.07, 6.45) is 6.55. The normalized spacial score (nSPS) is 11.3. The van der Waals surface area contributed by atoms with E-state index in [-0.39, 0.29) is 0 Å². The summed E-state index contributed by atoms with van der Waals surface area (Å²) in [6, 6.07) is 3.01. The van der Waals surface area contributed by atoms with Gasteiger partial charge < -0.3 is 11.1 Å². The molecule has 122 valence electrons. The second kappa shape index (κ2) is 10.8. The number of nitrogens with two attached hydrogens (primary N) is 1. The van der Waals surface area contributed by atoms with Crippen LogP contribution in [0.15, 0.2) is 23.3 Å². The summed E-state index contributed by atoms with van der Waals surface area (Å²) in [5, 5.41) is 6.26. The molecule has 0 unspecified atom stereocenters. The molecule has 2 amide bonds. The van der Waals surface area contributed by atoms with Crippen molar-refractivity contribution in [3.05, 3.63) is 29.0 Å². The number of carbonyl (C=O) groups is 1. The number of rotatable bonds is 8. The molecule has 1 aromatic rings. The van der Waals surface area contributed by atoms with Crippen molar-refractivity contribution in [1.82, 2.24) is 15.6 Å². The lowest BCUT2D eigenvalue weighted by Gasteiger charge is -2.10. The Bertz CT molecular complexity index is 493. The lowest BCUT2D eigenvalue weighted by molar-refractivity contribution is 0.253. The molecule has 0 saturated heterocycles. The van der Waals surface area contributed by atoms with Gasteiger partial charge in [-0.3, -0.25) is 15.3 Å². The predicted molar refractivity (Wildman–Crippen MR) is 90.1 cm³/mol. The van der Waals surface area contributed by atoms with Crippen LogP contribution in [-0.4, -0.2) is 30.1 Å². The monoisotopic (exact) mass is 325 g/mol. The third kappa shape index (κ3) is 7.83. The minimum absolute atomic E-state index is 0.427. The molecule has 0 saturated carbocycles. The molecule has 0 bridgehead atoms. The SMILES string of the molecule is CCCCCNC(=NCCCc1ncccc1Cl)NC(N)=O. The zero-order valence-electron chi connectivity index (χ0n) is 12.9. The number of unbranched alkanes of at least 4 members (excludes halogenated alkanes) is 2. The van der Waals surface area contributed by atoms with E-state index in [0.717, 1.165) is 44.3 Å². The highest BCUT2D eigenvalue weighted by Gasteiger charge is 2.03. The van der Waals surface area contributed by atoms with Gasteiger partial charge in [0.15, 0.2) is 5.96 Å². The summed E-state index contributed by atoms with van der Waals surface area (Å²) in [7, 11) is 0. The Morgan fingerprint density at radius 1 is 1.41 bits per heavy atom. The fourth-order valence-corrected chi connectivity index (χ4v) is 2.09. The Kier molecular flexibility index (Phi) is 8.98. The van der Waals surface area contributed by atoms with Gasteiger partial charge >= 0.3 is 6.03 Å². The lowest BCUT2D eigenvalue weighted by atomic mass is 10.2. The van der Waals surface area contributed by atoms with Gasteiger partial charge in [0.25, 0.3) is 0 Å². The second-order valence-corrected chi connectivity index (χ2v) is 5.30. The quantitative estimate of drug-likeness (QED) is 0.389. The largest absolute Gasteiger partial charge is 0.356 e. The number of amides is 2. The topological polar surface area (TPSA) is 92.4 Å². The number of urea groups is 1. The first kappa shape index (κ1) is 18.2. The van der Waals surface area contributed by atoms with Gasteiger partial charge in [-0.25, -0.2) is 4.79 Å². The van der Waals surface area contributed by atoms with E-state index < -0.39 is 6.03 Å². The van der Waals surface area contributed by atoms with Crippen molar-refractivity contribution < 1.29 is 4.79 Å². The van der Waals surface area contributed by atoms with E-state index in [0.29, 0.717) is 17.5 Å². The van der Waals surface area contributed by atoms with Gasteiger partial charge in [-0.1, -0.05) is 31.4 Å². The van der Waals surface area contributed by atoms with Crippen LogP contribution in [0.4, 0.5) is 4.79 Å². The van der Waals surface area contributed by atoms with E-state index in [4.69, 9.17) is 17.3 Å². The molecule has 0 aliphatic heterocycles. The summed E-state index contributed by atoms with van der Waals surface area (Å²) < 4.78 is 0. The first-order chi connectivity index (χ1) is 10.6. The zero-order chi connectivity index (χ0) is 16.2. The average Bonchev–Trinajstić information content (AvgIpc) is 2.49. The maximum Gasteiger partial charge on any atom is 0.318 e. The molecule has 1 rings (SSSR count). The number of hydrogen-bond donors (Lipinski definition) is 3. The minimum Gasteiger partial charge on any atom is -0.356 e. The van der Waals surface area contributed by atoms with E-state index in [9.17, 15) is 4.79 Å². The van der Waals surface area contributed by atoms with Crippen LogP contribution in [0.1, 0.15) is 38.3 Å². The van der Waals surface area contributed by atoms with Gasteiger partial charge in [0.05, 0.1) is 10.7 Å². The predicted octanol–water partition coefficient (Wildman–Crippen LogP) is 2.47. The van der Waals surface area contributed by atoms with Crippen molar-refractivity contribution in [1.29, 1.82) is 0 Å².